The van der Waals surface area contributed by atoms with E-state index >= 15 is 0 Å². The molecule has 0 fully saturated rings. The van der Waals surface area contributed by atoms with Crippen LogP contribution in [0, 0.1) is 6.92 Å². The van der Waals surface area contributed by atoms with Gasteiger partial charge in [-0.3, -0.25) is 9.59 Å². The van der Waals surface area contributed by atoms with E-state index in [2.05, 4.69) is 10.3 Å². The van der Waals surface area contributed by atoms with Crippen molar-refractivity contribution in [3.8, 4) is 0 Å². The number of aromatic nitrogens is 1. The first-order valence-electron chi connectivity index (χ1n) is 3.73. The molecule has 0 aliphatic rings. The molecule has 0 unspecified atom stereocenters. The third kappa shape index (κ3) is 2.43. The minimum Gasteiger partial charge on any atom is -0.480 e. The van der Waals surface area contributed by atoms with Crippen LogP contribution in [0.1, 0.15) is 15.4 Å². The monoisotopic (exact) mass is 215 g/mol. The van der Waals surface area contributed by atoms with Gasteiger partial charge in [0, 0.05) is 0 Å². The number of amides is 1. The van der Waals surface area contributed by atoms with Crippen LogP contribution in [-0.4, -0.2) is 28.5 Å². The highest BCUT2D eigenvalue weighted by molar-refractivity contribution is 7.17. The first kappa shape index (κ1) is 10.5. The van der Waals surface area contributed by atoms with Gasteiger partial charge in [0.1, 0.15) is 11.4 Å². The van der Waals surface area contributed by atoms with E-state index in [4.69, 9.17) is 10.8 Å². The molecule has 1 aromatic rings. The Balaban J connectivity index is 2.69. The smallest absolute Gasteiger partial charge is 0.322 e. The number of aliphatic carboxylic acids is 1. The van der Waals surface area contributed by atoms with Crippen molar-refractivity contribution in [2.75, 3.05) is 12.3 Å². The summed E-state index contributed by atoms with van der Waals surface area (Å²) in [6, 6.07) is 0. The number of anilines is 1. The van der Waals surface area contributed by atoms with Crippen molar-refractivity contribution in [2.45, 2.75) is 6.92 Å². The Bertz CT molecular complexity index is 374. The molecule has 1 heterocycles. The van der Waals surface area contributed by atoms with E-state index in [1.54, 1.807) is 6.92 Å². The molecule has 0 saturated carbocycles. The van der Waals surface area contributed by atoms with Crippen LogP contribution in [0.25, 0.3) is 0 Å². The van der Waals surface area contributed by atoms with Gasteiger partial charge in [-0.1, -0.05) is 11.3 Å². The average Bonchev–Trinajstić information content (AvgIpc) is 2.41. The minimum absolute atomic E-state index is 0.294. The lowest BCUT2D eigenvalue weighted by Crippen LogP contribution is -2.29. The summed E-state index contributed by atoms with van der Waals surface area (Å²) < 4.78 is 0. The molecule has 1 rings (SSSR count). The predicted molar refractivity (Wildman–Crippen MR) is 51.2 cm³/mol. The van der Waals surface area contributed by atoms with Gasteiger partial charge in [0.05, 0.1) is 5.69 Å². The second-order valence-corrected chi connectivity index (χ2v) is 3.57. The number of hydrogen-bond acceptors (Lipinski definition) is 5. The van der Waals surface area contributed by atoms with E-state index in [0.29, 0.717) is 15.7 Å². The average molecular weight is 215 g/mol. The summed E-state index contributed by atoms with van der Waals surface area (Å²) in [5.41, 5.74) is 5.89. The number of aryl methyl sites for hydroxylation is 1. The fourth-order valence-electron chi connectivity index (χ4n) is 0.864. The van der Waals surface area contributed by atoms with E-state index in [9.17, 15) is 9.59 Å². The number of carboxylic acids is 1. The van der Waals surface area contributed by atoms with Gasteiger partial charge in [0.25, 0.3) is 5.91 Å². The molecule has 0 saturated heterocycles. The lowest BCUT2D eigenvalue weighted by Gasteiger charge is -1.98. The summed E-state index contributed by atoms with van der Waals surface area (Å²) >= 11 is 1.04. The Morgan fingerprint density at radius 3 is 2.71 bits per heavy atom. The topological polar surface area (TPSA) is 105 Å². The summed E-state index contributed by atoms with van der Waals surface area (Å²) in [5.74, 6) is -1.55. The predicted octanol–water partition coefficient (Wildman–Crippen LogP) is -0.152. The number of carbonyl (C=O) groups excluding carboxylic acids is 1. The van der Waals surface area contributed by atoms with Gasteiger partial charge in [-0.05, 0) is 6.92 Å². The number of nitrogen functional groups attached to an aromatic ring is 1. The largest absolute Gasteiger partial charge is 0.480 e. The first-order chi connectivity index (χ1) is 6.50. The standard InChI is InChI=1S/C7H9N3O3S/c1-3-5(14-7(8)10-3)6(13)9-2-4(11)12/h2H2,1H3,(H2,8,10)(H,9,13)(H,11,12). The van der Waals surface area contributed by atoms with Crippen LogP contribution in [-0.2, 0) is 4.79 Å². The molecule has 0 spiro atoms. The van der Waals surface area contributed by atoms with Crippen LogP contribution in [0.4, 0.5) is 5.13 Å². The SMILES string of the molecule is Cc1nc(N)sc1C(=O)NCC(=O)O. The van der Waals surface area contributed by atoms with Crippen LogP contribution in [0.2, 0.25) is 0 Å². The molecule has 0 radical (unpaired) electrons. The molecular formula is C7H9N3O3S. The van der Waals surface area contributed by atoms with Crippen LogP contribution in [0.5, 0.6) is 0 Å². The molecular weight excluding hydrogens is 206 g/mol. The van der Waals surface area contributed by atoms with E-state index in [1.165, 1.54) is 0 Å². The zero-order chi connectivity index (χ0) is 10.7. The van der Waals surface area contributed by atoms with Gasteiger partial charge in [0.15, 0.2) is 5.13 Å². The number of carbonyl (C=O) groups is 2. The molecule has 0 aliphatic carbocycles. The van der Waals surface area contributed by atoms with Crippen LogP contribution >= 0.6 is 11.3 Å². The lowest BCUT2D eigenvalue weighted by atomic mass is 10.4. The Morgan fingerprint density at radius 1 is 1.64 bits per heavy atom. The maximum atomic E-state index is 11.3. The summed E-state index contributed by atoms with van der Waals surface area (Å²) in [5, 5.41) is 10.9. The minimum atomic E-state index is -1.09. The molecule has 0 aromatic carbocycles. The van der Waals surface area contributed by atoms with Crippen molar-refractivity contribution >= 4 is 28.3 Å². The van der Waals surface area contributed by atoms with E-state index in [0.717, 1.165) is 11.3 Å². The van der Waals surface area contributed by atoms with Gasteiger partial charge in [-0.25, -0.2) is 4.98 Å². The summed E-state index contributed by atoms with van der Waals surface area (Å²) in [6.45, 7) is 1.23. The molecule has 1 aromatic heterocycles. The van der Waals surface area contributed by atoms with Crippen LogP contribution in [0.15, 0.2) is 0 Å². The zero-order valence-electron chi connectivity index (χ0n) is 7.40. The highest BCUT2D eigenvalue weighted by Gasteiger charge is 2.14. The third-order valence-electron chi connectivity index (χ3n) is 1.42. The maximum Gasteiger partial charge on any atom is 0.322 e. The number of nitrogens with one attached hydrogen (secondary N) is 1. The summed E-state index contributed by atoms with van der Waals surface area (Å²) in [6.07, 6.45) is 0. The van der Waals surface area contributed by atoms with Crippen molar-refractivity contribution in [2.24, 2.45) is 0 Å². The highest BCUT2D eigenvalue weighted by Crippen LogP contribution is 2.18. The fraction of sp³-hybridized carbons (Fsp3) is 0.286. The fourth-order valence-corrected chi connectivity index (χ4v) is 1.61. The van der Waals surface area contributed by atoms with Crippen LogP contribution < -0.4 is 11.1 Å². The lowest BCUT2D eigenvalue weighted by molar-refractivity contribution is -0.135. The van der Waals surface area contributed by atoms with E-state index in [1.807, 2.05) is 0 Å². The summed E-state index contributed by atoms with van der Waals surface area (Å²) in [7, 11) is 0. The maximum absolute atomic E-state index is 11.3. The Kier molecular flexibility index (Phi) is 3.03. The normalized spacial score (nSPS) is 9.79. The molecule has 0 aliphatic heterocycles. The number of hydrogen-bond donors (Lipinski definition) is 3. The molecule has 0 bridgehead atoms. The molecule has 4 N–H and O–H groups in total. The molecule has 0 atom stereocenters. The van der Waals surface area contributed by atoms with Gasteiger partial charge < -0.3 is 16.2 Å². The highest BCUT2D eigenvalue weighted by atomic mass is 32.1. The molecule has 7 heteroatoms. The Labute approximate surface area is 83.8 Å². The van der Waals surface area contributed by atoms with Crippen molar-refractivity contribution in [3.63, 3.8) is 0 Å². The second-order valence-electron chi connectivity index (χ2n) is 2.54. The quantitative estimate of drug-likeness (QED) is 0.650. The van der Waals surface area contributed by atoms with Crippen molar-refractivity contribution in [3.05, 3.63) is 10.6 Å². The van der Waals surface area contributed by atoms with E-state index < -0.39 is 18.4 Å². The van der Waals surface area contributed by atoms with Gasteiger partial charge in [0.2, 0.25) is 0 Å². The molecule has 14 heavy (non-hydrogen) atoms. The van der Waals surface area contributed by atoms with Crippen molar-refractivity contribution < 1.29 is 14.7 Å². The van der Waals surface area contributed by atoms with Gasteiger partial charge in [-0.2, -0.15) is 0 Å². The third-order valence-corrected chi connectivity index (χ3v) is 2.40. The number of nitrogens with zero attached hydrogens (tertiary/aromatic N) is 1. The van der Waals surface area contributed by atoms with Crippen molar-refractivity contribution in [1.82, 2.24) is 10.3 Å². The summed E-state index contributed by atoms with van der Waals surface area (Å²) in [4.78, 5) is 25.7. The number of nitrogens with two attached hydrogens (primary N) is 1. The van der Waals surface area contributed by atoms with Crippen molar-refractivity contribution in [1.29, 1.82) is 0 Å². The molecule has 76 valence electrons. The molecule has 1 amide bonds. The Hall–Kier alpha value is -1.63. The number of rotatable bonds is 3. The first-order valence-corrected chi connectivity index (χ1v) is 4.55. The van der Waals surface area contributed by atoms with Gasteiger partial charge >= 0.3 is 5.97 Å². The van der Waals surface area contributed by atoms with Gasteiger partial charge in [-0.15, -0.1) is 0 Å². The number of thiazole rings is 1. The molecule has 6 nitrogen and oxygen atoms in total. The zero-order valence-corrected chi connectivity index (χ0v) is 8.22. The Morgan fingerprint density at radius 2 is 2.29 bits per heavy atom. The second kappa shape index (κ2) is 4.05. The number of carboxylic acid groups (broad SMARTS) is 1. The van der Waals surface area contributed by atoms with E-state index in [-0.39, 0.29) is 0 Å². The van der Waals surface area contributed by atoms with Crippen LogP contribution in [0.3, 0.4) is 0 Å².